The van der Waals surface area contributed by atoms with E-state index in [0.717, 1.165) is 42.5 Å². The van der Waals surface area contributed by atoms with Crippen molar-refractivity contribution < 1.29 is 14.9 Å². The molecule has 4 aromatic rings. The van der Waals surface area contributed by atoms with E-state index in [9.17, 15) is 10.2 Å². The third-order valence-corrected chi connectivity index (χ3v) is 9.07. The van der Waals surface area contributed by atoms with Gasteiger partial charge in [0.2, 0.25) is 0 Å². The highest BCUT2D eigenvalue weighted by atomic mass is 16.6. The lowest BCUT2D eigenvalue weighted by molar-refractivity contribution is -0.0618. The molecule has 5 N–H and O–H groups in total. The predicted octanol–water partition coefficient (Wildman–Crippen LogP) is 3.93. The Morgan fingerprint density at radius 3 is 2.66 bits per heavy atom. The van der Waals surface area contributed by atoms with Gasteiger partial charge in [-0.3, -0.25) is 4.90 Å². The van der Waals surface area contributed by atoms with Crippen molar-refractivity contribution in [1.29, 1.82) is 0 Å². The van der Waals surface area contributed by atoms with Gasteiger partial charge in [0, 0.05) is 31.2 Å². The summed E-state index contributed by atoms with van der Waals surface area (Å²) in [5, 5.41) is 22.6. The number of H-pyrrole nitrogens is 1. The number of aliphatic hydroxyl groups excluding tert-OH is 2. The van der Waals surface area contributed by atoms with Crippen LogP contribution >= 0.6 is 0 Å². The van der Waals surface area contributed by atoms with Gasteiger partial charge >= 0.3 is 0 Å². The maximum Gasteiger partial charge on any atom is 0.164 e. The van der Waals surface area contributed by atoms with Gasteiger partial charge < -0.3 is 30.2 Å². The number of hydrogen-bond acceptors (Lipinski definition) is 8. The summed E-state index contributed by atoms with van der Waals surface area (Å²) in [7, 11) is 0. The summed E-state index contributed by atoms with van der Waals surface area (Å²) in [6.07, 6.45) is 4.11. The van der Waals surface area contributed by atoms with Gasteiger partial charge in [-0.1, -0.05) is 26.8 Å². The molecule has 1 aliphatic carbocycles. The van der Waals surface area contributed by atoms with Crippen LogP contribution in [0.15, 0.2) is 36.8 Å². The number of hydrogen-bond donors (Lipinski definition) is 4. The quantitative estimate of drug-likeness (QED) is 0.254. The second kappa shape index (κ2) is 10.7. The fourth-order valence-electron chi connectivity index (χ4n) is 6.49. The summed E-state index contributed by atoms with van der Waals surface area (Å²) >= 11 is 0. The van der Waals surface area contributed by atoms with Crippen LogP contribution in [0.4, 0.5) is 5.82 Å². The molecule has 0 spiro atoms. The van der Waals surface area contributed by atoms with Crippen molar-refractivity contribution in [3.8, 4) is 0 Å². The molecule has 0 amide bonds. The molecule has 4 atom stereocenters. The number of imidazole rings is 1. The molecular weight excluding hydrogens is 518 g/mol. The minimum absolute atomic E-state index is 0.106. The van der Waals surface area contributed by atoms with E-state index in [1.165, 1.54) is 11.9 Å². The first-order valence-corrected chi connectivity index (χ1v) is 14.8. The molecule has 4 heterocycles. The second-order valence-electron chi connectivity index (χ2n) is 13.3. The number of anilines is 1. The highest BCUT2D eigenvalue weighted by molar-refractivity contribution is 5.86. The number of aryl methyl sites for hydroxylation is 1. The summed E-state index contributed by atoms with van der Waals surface area (Å²) in [4.78, 5) is 19.2. The summed E-state index contributed by atoms with van der Waals surface area (Å²) in [6.45, 7) is 11.6. The Hall–Kier alpha value is -3.05. The molecule has 10 heteroatoms. The Bertz CT molecular complexity index is 1520. The molecule has 1 saturated heterocycles. The zero-order chi connectivity index (χ0) is 29.1. The Kier molecular flexibility index (Phi) is 7.30. The minimum Gasteiger partial charge on any atom is -0.387 e. The van der Waals surface area contributed by atoms with Crippen LogP contribution in [0.1, 0.15) is 71.5 Å². The zero-order valence-corrected chi connectivity index (χ0v) is 24.7. The fourth-order valence-corrected chi connectivity index (χ4v) is 6.49. The van der Waals surface area contributed by atoms with Crippen molar-refractivity contribution in [3.05, 3.63) is 48.2 Å². The number of rotatable bonds is 8. The Morgan fingerprint density at radius 2 is 1.93 bits per heavy atom. The SMILES string of the molecule is CC(C)N(C[C@H]1O[C@@H](n2ccc3c(N)ncnc32)[C@H](O)[C@@H]1O)[C@H]1C[C@@H](CCc2nc3cc(C(C)(C)C)ccc3[nH]2)C1. The summed E-state index contributed by atoms with van der Waals surface area (Å²) in [5.41, 5.74) is 10.1. The predicted molar refractivity (Wildman–Crippen MR) is 159 cm³/mol. The fraction of sp³-hybridized carbons (Fsp3) is 0.581. The van der Waals surface area contributed by atoms with E-state index in [0.29, 0.717) is 41.4 Å². The molecule has 0 unspecified atom stereocenters. The monoisotopic (exact) mass is 561 g/mol. The van der Waals surface area contributed by atoms with Crippen LogP contribution in [0.2, 0.25) is 0 Å². The number of benzene rings is 1. The molecule has 10 nitrogen and oxygen atoms in total. The second-order valence-corrected chi connectivity index (χ2v) is 13.3. The van der Waals surface area contributed by atoms with E-state index in [1.807, 2.05) is 6.07 Å². The van der Waals surface area contributed by atoms with Crippen molar-refractivity contribution in [2.24, 2.45) is 5.92 Å². The molecule has 1 aliphatic heterocycles. The third-order valence-electron chi connectivity index (χ3n) is 9.07. The van der Waals surface area contributed by atoms with E-state index >= 15 is 0 Å². The molecule has 41 heavy (non-hydrogen) atoms. The van der Waals surface area contributed by atoms with Crippen LogP contribution in [0.5, 0.6) is 0 Å². The van der Waals surface area contributed by atoms with Crippen molar-refractivity contribution in [2.75, 3.05) is 12.3 Å². The molecule has 1 aromatic carbocycles. The highest BCUT2D eigenvalue weighted by Crippen LogP contribution is 2.38. The number of aromatic nitrogens is 5. The molecule has 1 saturated carbocycles. The standard InChI is InChI=1S/C31H43N7O3/c1-17(2)38(15-24-26(39)27(40)30(41-24)37-11-10-21-28(32)33-16-34-29(21)37)20-12-18(13-20)6-9-25-35-22-8-7-19(31(3,4)5)14-23(22)36-25/h7-8,10-11,14,16-18,20,24,26-27,30,39-40H,6,9,12-13,15H2,1-5H3,(H,35,36)(H2,32,33,34)/t18-,20+,24-,26-,27-,30-/m1/s1. The van der Waals surface area contributed by atoms with Crippen LogP contribution in [-0.4, -0.2) is 76.6 Å². The molecule has 220 valence electrons. The van der Waals surface area contributed by atoms with Crippen LogP contribution in [0.25, 0.3) is 22.1 Å². The summed E-state index contributed by atoms with van der Waals surface area (Å²) in [5.74, 6) is 2.07. The van der Waals surface area contributed by atoms with E-state index < -0.39 is 24.5 Å². The van der Waals surface area contributed by atoms with Gasteiger partial charge in [-0.05, 0) is 68.2 Å². The molecule has 3 aromatic heterocycles. The smallest absolute Gasteiger partial charge is 0.164 e. The number of aromatic amines is 1. The van der Waals surface area contributed by atoms with E-state index in [1.54, 1.807) is 10.8 Å². The van der Waals surface area contributed by atoms with E-state index in [-0.39, 0.29) is 5.41 Å². The molecule has 0 bridgehead atoms. The Labute approximate surface area is 240 Å². The van der Waals surface area contributed by atoms with Crippen LogP contribution < -0.4 is 5.73 Å². The molecule has 2 fully saturated rings. The largest absolute Gasteiger partial charge is 0.387 e. The number of nitrogen functional groups attached to an aromatic ring is 1. The van der Waals surface area contributed by atoms with Crippen molar-refractivity contribution in [1.82, 2.24) is 29.4 Å². The number of nitrogens with zero attached hydrogens (tertiary/aromatic N) is 5. The van der Waals surface area contributed by atoms with Gasteiger partial charge in [-0.15, -0.1) is 0 Å². The number of fused-ring (bicyclic) bond motifs is 2. The van der Waals surface area contributed by atoms with Gasteiger partial charge in [0.25, 0.3) is 0 Å². The van der Waals surface area contributed by atoms with Gasteiger partial charge in [-0.2, -0.15) is 0 Å². The summed E-state index contributed by atoms with van der Waals surface area (Å²) in [6, 6.07) is 9.08. The van der Waals surface area contributed by atoms with Gasteiger partial charge in [0.15, 0.2) is 6.23 Å². The zero-order valence-electron chi connectivity index (χ0n) is 24.7. The lowest BCUT2D eigenvalue weighted by atomic mass is 9.76. The minimum atomic E-state index is -1.07. The first-order valence-electron chi connectivity index (χ1n) is 14.8. The van der Waals surface area contributed by atoms with Crippen LogP contribution in [0, 0.1) is 5.92 Å². The number of aliphatic hydroxyl groups is 2. The molecular formula is C31H43N7O3. The lowest BCUT2D eigenvalue weighted by Gasteiger charge is -2.46. The average molecular weight is 562 g/mol. The van der Waals surface area contributed by atoms with Crippen molar-refractivity contribution in [3.63, 3.8) is 0 Å². The van der Waals surface area contributed by atoms with Crippen molar-refractivity contribution >= 4 is 27.9 Å². The Morgan fingerprint density at radius 1 is 1.15 bits per heavy atom. The molecule has 6 rings (SSSR count). The number of nitrogens with one attached hydrogen (secondary N) is 1. The van der Waals surface area contributed by atoms with E-state index in [2.05, 4.69) is 72.7 Å². The maximum atomic E-state index is 11.0. The normalized spacial score (nSPS) is 27.0. The highest BCUT2D eigenvalue weighted by Gasteiger charge is 2.46. The first kappa shape index (κ1) is 28.1. The summed E-state index contributed by atoms with van der Waals surface area (Å²) < 4.78 is 8.01. The van der Waals surface area contributed by atoms with Crippen LogP contribution in [-0.2, 0) is 16.6 Å². The number of ether oxygens (including phenoxy) is 1. The van der Waals surface area contributed by atoms with Crippen LogP contribution in [0.3, 0.4) is 0 Å². The Balaban J connectivity index is 1.06. The average Bonchev–Trinajstić information content (AvgIpc) is 3.58. The third kappa shape index (κ3) is 5.34. The first-order chi connectivity index (χ1) is 19.5. The molecule has 0 radical (unpaired) electrons. The maximum absolute atomic E-state index is 11.0. The lowest BCUT2D eigenvalue weighted by Crippen LogP contribution is -2.52. The van der Waals surface area contributed by atoms with Gasteiger partial charge in [0.05, 0.1) is 16.4 Å². The number of nitrogens with two attached hydrogens (primary N) is 1. The van der Waals surface area contributed by atoms with Gasteiger partial charge in [-0.25, -0.2) is 15.0 Å². The van der Waals surface area contributed by atoms with E-state index in [4.69, 9.17) is 15.5 Å². The van der Waals surface area contributed by atoms with Crippen molar-refractivity contribution in [2.45, 2.75) is 102 Å². The van der Waals surface area contributed by atoms with Gasteiger partial charge in [0.1, 0.15) is 41.9 Å². The topological polar surface area (TPSA) is 138 Å². The molecule has 2 aliphatic rings.